The van der Waals surface area contributed by atoms with Gasteiger partial charge in [-0.25, -0.2) is 4.79 Å². The Bertz CT molecular complexity index is 1330. The molecule has 1 fully saturated rings. The largest absolute Gasteiger partial charge is 0.490 e. The molecule has 1 aliphatic heterocycles. The smallest absolute Gasteiger partial charge is 0.317 e. The zero-order valence-electron chi connectivity index (χ0n) is 21.7. The van der Waals surface area contributed by atoms with Crippen LogP contribution in [0.2, 0.25) is 0 Å². The van der Waals surface area contributed by atoms with E-state index >= 15 is 0 Å². The summed E-state index contributed by atoms with van der Waals surface area (Å²) in [5.74, 6) is 1.93. The molecule has 37 heavy (non-hydrogen) atoms. The fraction of sp³-hybridized carbons (Fsp3) is 0.448. The van der Waals surface area contributed by atoms with E-state index in [9.17, 15) is 10.1 Å². The van der Waals surface area contributed by atoms with Crippen LogP contribution >= 0.6 is 0 Å². The van der Waals surface area contributed by atoms with Crippen molar-refractivity contribution in [3.63, 3.8) is 0 Å². The van der Waals surface area contributed by atoms with Gasteiger partial charge in [0.2, 0.25) is 5.82 Å². The summed E-state index contributed by atoms with van der Waals surface area (Å²) in [6, 6.07) is 13.6. The number of hydrogen-bond donors (Lipinski definition) is 1. The molecule has 0 unspecified atom stereocenters. The highest BCUT2D eigenvalue weighted by Gasteiger charge is 2.28. The lowest BCUT2D eigenvalue weighted by atomic mass is 9.84. The topological polar surface area (TPSA) is 104 Å². The number of rotatable bonds is 5. The zero-order chi connectivity index (χ0) is 25.9. The number of hydrogen-bond acceptors (Lipinski definition) is 6. The third-order valence-corrected chi connectivity index (χ3v) is 7.13. The SMILES string of the molecule is CC(C)Oc1ccc(-c2nc(-c3cccc4c3CCC[C@H]4NC(=O)N3CCC[C@H](C)C3)no2)cc1C#N. The van der Waals surface area contributed by atoms with Gasteiger partial charge in [0.15, 0.2) is 0 Å². The van der Waals surface area contributed by atoms with E-state index in [0.29, 0.717) is 34.5 Å². The number of carbonyl (C=O) groups is 1. The first-order valence-electron chi connectivity index (χ1n) is 13.2. The fourth-order valence-corrected chi connectivity index (χ4v) is 5.38. The molecule has 1 aromatic heterocycles. The van der Waals surface area contributed by atoms with Crippen molar-refractivity contribution in [3.05, 3.63) is 53.1 Å². The van der Waals surface area contributed by atoms with Crippen LogP contribution in [0.5, 0.6) is 5.75 Å². The highest BCUT2D eigenvalue weighted by atomic mass is 16.5. The maximum absolute atomic E-state index is 13.0. The number of nitriles is 1. The van der Waals surface area contributed by atoms with Gasteiger partial charge in [-0.1, -0.05) is 30.3 Å². The van der Waals surface area contributed by atoms with Crippen molar-refractivity contribution in [3.8, 4) is 34.7 Å². The number of piperidine rings is 1. The molecule has 3 aromatic rings. The molecule has 2 atom stereocenters. The number of fused-ring (bicyclic) bond motifs is 1. The van der Waals surface area contributed by atoms with E-state index in [0.717, 1.165) is 55.5 Å². The summed E-state index contributed by atoms with van der Waals surface area (Å²) in [5.41, 5.74) is 4.27. The van der Waals surface area contributed by atoms with E-state index in [-0.39, 0.29) is 18.2 Å². The summed E-state index contributed by atoms with van der Waals surface area (Å²) in [7, 11) is 0. The Hall–Kier alpha value is -3.86. The molecule has 0 spiro atoms. The summed E-state index contributed by atoms with van der Waals surface area (Å²) < 4.78 is 11.3. The van der Waals surface area contributed by atoms with Crippen molar-refractivity contribution in [1.82, 2.24) is 20.4 Å². The Morgan fingerprint density at radius 3 is 2.89 bits per heavy atom. The second-order valence-electron chi connectivity index (χ2n) is 10.4. The van der Waals surface area contributed by atoms with Gasteiger partial charge < -0.3 is 19.5 Å². The second kappa shape index (κ2) is 10.6. The number of likely N-dealkylation sites (tertiary alicyclic amines) is 1. The molecular formula is C29H33N5O3. The van der Waals surface area contributed by atoms with Crippen molar-refractivity contribution in [2.45, 2.75) is 65.0 Å². The van der Waals surface area contributed by atoms with E-state index in [1.807, 2.05) is 36.9 Å². The van der Waals surface area contributed by atoms with Crippen LogP contribution in [0.3, 0.4) is 0 Å². The maximum atomic E-state index is 13.0. The van der Waals surface area contributed by atoms with Crippen molar-refractivity contribution in [2.24, 2.45) is 5.92 Å². The van der Waals surface area contributed by atoms with E-state index in [1.165, 1.54) is 6.42 Å². The van der Waals surface area contributed by atoms with Gasteiger partial charge in [-0.05, 0) is 81.2 Å². The van der Waals surface area contributed by atoms with E-state index < -0.39 is 0 Å². The van der Waals surface area contributed by atoms with Crippen LogP contribution < -0.4 is 10.1 Å². The zero-order valence-corrected chi connectivity index (χ0v) is 21.7. The number of amides is 2. The normalized spacial score (nSPS) is 19.3. The van der Waals surface area contributed by atoms with Gasteiger partial charge in [-0.2, -0.15) is 10.2 Å². The van der Waals surface area contributed by atoms with Crippen LogP contribution in [-0.4, -0.2) is 40.3 Å². The minimum absolute atomic E-state index is 0.0230. The molecule has 5 rings (SSSR count). The van der Waals surface area contributed by atoms with E-state index in [4.69, 9.17) is 9.26 Å². The molecule has 0 saturated carbocycles. The van der Waals surface area contributed by atoms with Crippen LogP contribution in [0.1, 0.15) is 69.2 Å². The van der Waals surface area contributed by atoms with Crippen LogP contribution in [0.15, 0.2) is 40.9 Å². The van der Waals surface area contributed by atoms with Crippen molar-refractivity contribution in [1.29, 1.82) is 5.26 Å². The maximum Gasteiger partial charge on any atom is 0.317 e. The summed E-state index contributed by atoms with van der Waals surface area (Å²) >= 11 is 0. The Kier molecular flexibility index (Phi) is 7.13. The molecule has 0 bridgehead atoms. The molecule has 2 amide bonds. The molecular weight excluding hydrogens is 466 g/mol. The molecule has 1 N–H and O–H groups in total. The third kappa shape index (κ3) is 5.31. The minimum atomic E-state index is -0.0357. The summed E-state index contributed by atoms with van der Waals surface area (Å²) in [4.78, 5) is 19.6. The fourth-order valence-electron chi connectivity index (χ4n) is 5.38. The number of ether oxygens (including phenoxy) is 1. The monoisotopic (exact) mass is 499 g/mol. The van der Waals surface area contributed by atoms with Gasteiger partial charge in [0.1, 0.15) is 11.8 Å². The van der Waals surface area contributed by atoms with Gasteiger partial charge >= 0.3 is 6.03 Å². The molecule has 8 nitrogen and oxygen atoms in total. The standard InChI is InChI=1S/C29H33N5O3/c1-18(2)36-26-13-12-20(15-21(26)16-30)28-32-27(33-37-28)24-10-4-9-23-22(24)8-5-11-25(23)31-29(35)34-14-6-7-19(3)17-34/h4,9-10,12-13,15,18-19,25H,5-8,11,14,17H2,1-3H3,(H,31,35)/t19-,25+/m0/s1. The molecule has 192 valence electrons. The van der Waals surface area contributed by atoms with Crippen LogP contribution in [0.25, 0.3) is 22.8 Å². The molecule has 1 saturated heterocycles. The second-order valence-corrected chi connectivity index (χ2v) is 10.4. The molecule has 2 heterocycles. The van der Waals surface area contributed by atoms with Crippen LogP contribution in [0, 0.1) is 17.2 Å². The summed E-state index contributed by atoms with van der Waals surface area (Å²) in [5, 5.41) is 17.1. The lowest BCUT2D eigenvalue weighted by molar-refractivity contribution is 0.165. The highest BCUT2D eigenvalue weighted by Crippen LogP contribution is 2.36. The lowest BCUT2D eigenvalue weighted by Crippen LogP contribution is -2.46. The number of nitrogens with zero attached hydrogens (tertiary/aromatic N) is 4. The van der Waals surface area contributed by atoms with Gasteiger partial charge in [0.05, 0.1) is 17.7 Å². The van der Waals surface area contributed by atoms with Crippen molar-refractivity contribution >= 4 is 6.03 Å². The molecule has 2 aliphatic rings. The van der Waals surface area contributed by atoms with Gasteiger partial charge in [-0.3, -0.25) is 0 Å². The number of benzene rings is 2. The average Bonchev–Trinajstić information content (AvgIpc) is 3.38. The summed E-state index contributed by atoms with van der Waals surface area (Å²) in [6.45, 7) is 7.68. The van der Waals surface area contributed by atoms with Crippen LogP contribution in [-0.2, 0) is 6.42 Å². The van der Waals surface area contributed by atoms with Crippen molar-refractivity contribution < 1.29 is 14.1 Å². The van der Waals surface area contributed by atoms with Gasteiger partial charge in [-0.15, -0.1) is 0 Å². The number of carbonyl (C=O) groups excluding carboxylic acids is 1. The highest BCUT2D eigenvalue weighted by molar-refractivity contribution is 5.75. The lowest BCUT2D eigenvalue weighted by Gasteiger charge is -2.34. The first-order valence-corrected chi connectivity index (χ1v) is 13.2. The third-order valence-electron chi connectivity index (χ3n) is 7.13. The Labute approximate surface area is 217 Å². The van der Waals surface area contributed by atoms with Gasteiger partial charge in [0, 0.05) is 24.2 Å². The number of aromatic nitrogens is 2. The predicted molar refractivity (Wildman–Crippen MR) is 140 cm³/mol. The quantitative estimate of drug-likeness (QED) is 0.470. The average molecular weight is 500 g/mol. The van der Waals surface area contributed by atoms with E-state index in [1.54, 1.807) is 12.1 Å². The van der Waals surface area contributed by atoms with Crippen LogP contribution in [0.4, 0.5) is 4.79 Å². The van der Waals surface area contributed by atoms with Crippen molar-refractivity contribution in [2.75, 3.05) is 13.1 Å². The first kappa shape index (κ1) is 24.8. The number of nitrogens with one attached hydrogen (secondary N) is 1. The molecule has 0 radical (unpaired) electrons. The molecule has 2 aromatic carbocycles. The van der Waals surface area contributed by atoms with Gasteiger partial charge in [0.25, 0.3) is 5.89 Å². The predicted octanol–water partition coefficient (Wildman–Crippen LogP) is 5.88. The number of urea groups is 1. The Morgan fingerprint density at radius 1 is 1.24 bits per heavy atom. The summed E-state index contributed by atoms with van der Waals surface area (Å²) in [6.07, 6.45) is 4.98. The Balaban J connectivity index is 1.39. The molecule has 8 heteroatoms. The minimum Gasteiger partial charge on any atom is -0.490 e. The molecule has 1 aliphatic carbocycles. The Morgan fingerprint density at radius 2 is 2.11 bits per heavy atom. The van der Waals surface area contributed by atoms with E-state index in [2.05, 4.69) is 34.5 Å². The first-order chi connectivity index (χ1) is 17.9.